The van der Waals surface area contributed by atoms with E-state index >= 15 is 0 Å². The van der Waals surface area contributed by atoms with Gasteiger partial charge in [-0.25, -0.2) is 0 Å². The highest BCUT2D eigenvalue weighted by Gasteiger charge is 2.04. The molecule has 1 nitrogen and oxygen atoms in total. The Morgan fingerprint density at radius 1 is 0.511 bits per heavy atom. The first-order chi connectivity index (χ1) is 23.1. The van der Waals surface area contributed by atoms with Crippen molar-refractivity contribution >= 4 is 46.8 Å². The highest BCUT2D eigenvalue weighted by atomic mass is 33.1. The minimum atomic E-state index is 0.538. The zero-order valence-corrected chi connectivity index (χ0v) is 35.3. The van der Waals surface area contributed by atoms with Crippen molar-refractivity contribution in [2.24, 2.45) is 0 Å². The summed E-state index contributed by atoms with van der Waals surface area (Å²) in [5.41, 5.74) is 0. The van der Waals surface area contributed by atoms with Crippen molar-refractivity contribution in [3.8, 4) is 0 Å². The van der Waals surface area contributed by atoms with E-state index in [4.69, 9.17) is 0 Å². The first-order valence-electron chi connectivity index (χ1n) is 19.9. The monoisotopic (exact) mass is 728 g/mol. The van der Waals surface area contributed by atoms with Gasteiger partial charge >= 0.3 is 0 Å². The second-order valence-corrected chi connectivity index (χ2v) is 17.0. The van der Waals surface area contributed by atoms with Crippen LogP contribution < -0.4 is 0 Å². The van der Waals surface area contributed by atoms with E-state index < -0.39 is 0 Å². The zero-order chi connectivity index (χ0) is 34.7. The van der Waals surface area contributed by atoms with E-state index in [9.17, 15) is 0 Å². The molecule has 1 unspecified atom stereocenters. The molecule has 0 N–H and O–H groups in total. The molecule has 0 radical (unpaired) electrons. The minimum absolute atomic E-state index is 0.538. The molecule has 0 aliphatic carbocycles. The van der Waals surface area contributed by atoms with Gasteiger partial charge in [0.05, 0.1) is 0 Å². The number of allylic oxidation sites excluding steroid dienone is 8. The first-order valence-corrected chi connectivity index (χ1v) is 23.5. The van der Waals surface area contributed by atoms with E-state index in [1.165, 1.54) is 159 Å². The first kappa shape index (κ1) is 49.4. The molecule has 0 saturated carbocycles. The van der Waals surface area contributed by atoms with Gasteiger partial charge in [-0.3, -0.25) is 0 Å². The highest BCUT2D eigenvalue weighted by Crippen LogP contribution is 2.26. The van der Waals surface area contributed by atoms with Gasteiger partial charge < -0.3 is 4.90 Å². The summed E-state index contributed by atoms with van der Waals surface area (Å²) in [6.45, 7) is 5.66. The summed E-state index contributed by atoms with van der Waals surface area (Å²) in [7, 11) is 8.32. The zero-order valence-electron chi connectivity index (χ0n) is 31.9. The van der Waals surface area contributed by atoms with Crippen LogP contribution in [0.5, 0.6) is 0 Å². The molecule has 47 heavy (non-hydrogen) atoms. The number of hydrogen-bond acceptors (Lipinski definition) is 5. The van der Waals surface area contributed by atoms with Crippen LogP contribution in [0.15, 0.2) is 48.6 Å². The van der Waals surface area contributed by atoms with Crippen molar-refractivity contribution < 1.29 is 0 Å². The van der Waals surface area contributed by atoms with Crippen molar-refractivity contribution in [1.82, 2.24) is 4.90 Å². The van der Waals surface area contributed by atoms with E-state index in [-0.39, 0.29) is 0 Å². The molecule has 0 fully saturated rings. The molecule has 0 saturated heterocycles. The normalized spacial score (nSPS) is 12.7. The second-order valence-electron chi connectivity index (χ2n) is 13.2. The van der Waals surface area contributed by atoms with Gasteiger partial charge in [-0.05, 0) is 110 Å². The molecular formula is C42H81NS4. The molecule has 0 aromatic heterocycles. The summed E-state index contributed by atoms with van der Waals surface area (Å²) < 4.78 is 0. The molecule has 0 aromatic rings. The second kappa shape index (κ2) is 46.3. The summed E-state index contributed by atoms with van der Waals surface area (Å²) in [4.78, 5) is 2.24. The molecule has 1 atom stereocenters. The largest absolute Gasteiger partial charge is 0.309 e. The highest BCUT2D eigenvalue weighted by molar-refractivity contribution is 8.76. The van der Waals surface area contributed by atoms with E-state index in [1.54, 1.807) is 0 Å². The van der Waals surface area contributed by atoms with Crippen molar-refractivity contribution in [3.05, 3.63) is 48.6 Å². The number of rotatable bonds is 35. The Balaban J connectivity index is 0. The molecule has 0 aliphatic rings. The lowest BCUT2D eigenvalue weighted by Crippen LogP contribution is -2.17. The van der Waals surface area contributed by atoms with Gasteiger partial charge in [0.2, 0.25) is 0 Å². The Bertz CT molecular complexity index is 674. The van der Waals surface area contributed by atoms with Crippen LogP contribution in [0, 0.1) is 0 Å². The van der Waals surface area contributed by atoms with Crippen molar-refractivity contribution in [2.45, 2.75) is 180 Å². The Kier molecular flexibility index (Phi) is 48.7. The third-order valence-electron chi connectivity index (χ3n) is 8.04. The molecule has 278 valence electrons. The van der Waals surface area contributed by atoms with Crippen LogP contribution in [-0.2, 0) is 0 Å². The van der Waals surface area contributed by atoms with Gasteiger partial charge in [-0.1, -0.05) is 161 Å². The van der Waals surface area contributed by atoms with Gasteiger partial charge in [-0.15, -0.1) is 0 Å². The predicted octanol–water partition coefficient (Wildman–Crippen LogP) is 15.2. The van der Waals surface area contributed by atoms with E-state index in [2.05, 4.69) is 107 Å². The van der Waals surface area contributed by atoms with Crippen LogP contribution in [0.2, 0.25) is 0 Å². The summed E-state index contributed by atoms with van der Waals surface area (Å²) >= 11 is 8.90. The summed E-state index contributed by atoms with van der Waals surface area (Å²) in [6, 6.07) is 0. The lowest BCUT2D eigenvalue weighted by Gasteiger charge is -2.13. The topological polar surface area (TPSA) is 3.24 Å². The Hall–Kier alpha value is 0.320. The maximum atomic E-state index is 4.67. The van der Waals surface area contributed by atoms with Gasteiger partial charge in [-0.2, -0.15) is 25.3 Å². The van der Waals surface area contributed by atoms with Crippen molar-refractivity contribution in [1.29, 1.82) is 0 Å². The molecular weight excluding hydrogens is 647 g/mol. The SMILES string of the molecule is CCCCC/C=C\C/C=C\CCCCCCCCS.CCCCC/C=C\C/C=C\CCCCCCCCSSCC(S)CCN(C)C. The smallest absolute Gasteiger partial charge is 0.0154 e. The third kappa shape index (κ3) is 50.8. The maximum absolute atomic E-state index is 4.67. The van der Waals surface area contributed by atoms with Crippen LogP contribution in [0.3, 0.4) is 0 Å². The fourth-order valence-corrected chi connectivity index (χ4v) is 8.14. The maximum Gasteiger partial charge on any atom is 0.0154 e. The molecule has 0 amide bonds. The van der Waals surface area contributed by atoms with Crippen LogP contribution in [-0.4, -0.2) is 48.0 Å². The van der Waals surface area contributed by atoms with Crippen molar-refractivity contribution in [3.63, 3.8) is 0 Å². The number of thiol groups is 2. The summed E-state index contributed by atoms with van der Waals surface area (Å²) in [5.74, 6) is 3.52. The van der Waals surface area contributed by atoms with Crippen LogP contribution >= 0.6 is 46.8 Å². The average Bonchev–Trinajstić information content (AvgIpc) is 3.07. The standard InChI is InChI=1S/C24H47NS3.C18H34S/c1-4-5-6-7-8-9-10-11-12-13-14-15-16-17-18-19-22-27-28-23-24(26)20-21-25(2)3;1-2-3-4-5-6-7-8-9-10-11-12-13-14-15-16-17-18-19/h8-9,11-12,24,26H,4-7,10,13-23H2,1-3H3;6-7,9-10,19H,2-5,8,11-18H2,1H3/b9-8-,12-11-;7-6-,10-9-. The number of unbranched alkanes of at least 4 members (excludes halogenated alkanes) is 18. The van der Waals surface area contributed by atoms with Crippen LogP contribution in [0.1, 0.15) is 174 Å². The molecule has 0 bridgehead atoms. The lowest BCUT2D eigenvalue weighted by atomic mass is 10.1. The molecule has 0 spiro atoms. The van der Waals surface area contributed by atoms with Crippen LogP contribution in [0.4, 0.5) is 0 Å². The third-order valence-corrected chi connectivity index (χ3v) is 11.6. The van der Waals surface area contributed by atoms with E-state index in [1.807, 2.05) is 21.6 Å². The Morgan fingerprint density at radius 3 is 1.34 bits per heavy atom. The van der Waals surface area contributed by atoms with Gasteiger partial charge in [0.25, 0.3) is 0 Å². The number of nitrogens with zero attached hydrogens (tertiary/aromatic N) is 1. The molecule has 0 aliphatic heterocycles. The van der Waals surface area contributed by atoms with E-state index in [0.29, 0.717) is 5.25 Å². The number of hydrogen-bond donors (Lipinski definition) is 2. The molecule has 0 rings (SSSR count). The van der Waals surface area contributed by atoms with Gasteiger partial charge in [0, 0.05) is 16.8 Å². The van der Waals surface area contributed by atoms with Gasteiger partial charge in [0.1, 0.15) is 0 Å². The minimum Gasteiger partial charge on any atom is -0.309 e. The fraction of sp³-hybridized carbons (Fsp3) is 0.810. The quantitative estimate of drug-likeness (QED) is 0.0290. The average molecular weight is 728 g/mol. The lowest BCUT2D eigenvalue weighted by molar-refractivity contribution is 0.401. The molecule has 0 heterocycles. The Morgan fingerprint density at radius 2 is 0.915 bits per heavy atom. The van der Waals surface area contributed by atoms with Crippen LogP contribution in [0.25, 0.3) is 0 Å². The van der Waals surface area contributed by atoms with E-state index in [0.717, 1.165) is 25.1 Å². The predicted molar refractivity (Wildman–Crippen MR) is 233 cm³/mol. The Labute approximate surface area is 316 Å². The van der Waals surface area contributed by atoms with Crippen molar-refractivity contribution in [2.75, 3.05) is 37.9 Å². The fourth-order valence-electron chi connectivity index (χ4n) is 4.93. The van der Waals surface area contributed by atoms with Gasteiger partial charge in [0.15, 0.2) is 0 Å². The summed E-state index contributed by atoms with van der Waals surface area (Å²) in [5, 5.41) is 0.538. The molecule has 0 aromatic carbocycles. The summed E-state index contributed by atoms with van der Waals surface area (Å²) in [6.07, 6.45) is 51.8. The molecule has 5 heteroatoms.